The maximum absolute atomic E-state index is 12.8. The maximum Gasteiger partial charge on any atom is 0.331 e. The number of ether oxygens (including phenoxy) is 5. The molecular formula is C29H36O15. The third-order valence-electron chi connectivity index (χ3n) is 7.27. The zero-order chi connectivity index (χ0) is 32.1. The first-order valence-electron chi connectivity index (χ1n) is 13.7. The normalized spacial score (nSPS) is 32.5. The second kappa shape index (κ2) is 14.5. The van der Waals surface area contributed by atoms with Crippen molar-refractivity contribution >= 4 is 12.0 Å². The van der Waals surface area contributed by atoms with E-state index < -0.39 is 79.7 Å². The van der Waals surface area contributed by atoms with Crippen LogP contribution < -0.4 is 0 Å². The number of aliphatic hydroxyl groups excluding tert-OH is 5. The number of phenols is 4. The van der Waals surface area contributed by atoms with E-state index in [1.807, 2.05) is 0 Å². The lowest BCUT2D eigenvalue weighted by Crippen LogP contribution is -2.65. The highest BCUT2D eigenvalue weighted by Crippen LogP contribution is 2.32. The molecule has 2 saturated heterocycles. The number of rotatable bonds is 10. The summed E-state index contributed by atoms with van der Waals surface area (Å²) in [6.45, 7) is 0.606. The quantitative estimate of drug-likeness (QED) is 0.0873. The van der Waals surface area contributed by atoms with Crippen molar-refractivity contribution in [3.05, 3.63) is 53.6 Å². The molecule has 1 unspecified atom stereocenters. The fraction of sp³-hybridized carbons (Fsp3) is 0.483. The molecular weight excluding hydrogens is 588 g/mol. The van der Waals surface area contributed by atoms with Crippen molar-refractivity contribution in [3.8, 4) is 23.0 Å². The molecule has 0 aromatic heterocycles. The topological polar surface area (TPSA) is 245 Å². The second-order valence-corrected chi connectivity index (χ2v) is 10.4. The Kier molecular flexibility index (Phi) is 11.0. The first-order valence-corrected chi connectivity index (χ1v) is 13.7. The van der Waals surface area contributed by atoms with Crippen molar-refractivity contribution in [2.45, 2.75) is 74.8 Å². The number of benzene rings is 2. The van der Waals surface area contributed by atoms with Gasteiger partial charge in [-0.15, -0.1) is 0 Å². The third kappa shape index (κ3) is 7.76. The Bertz CT molecular complexity index is 1300. The van der Waals surface area contributed by atoms with Crippen molar-refractivity contribution < 1.29 is 74.4 Å². The molecule has 9 N–H and O–H groups in total. The van der Waals surface area contributed by atoms with E-state index in [0.29, 0.717) is 11.1 Å². The average Bonchev–Trinajstić information content (AvgIpc) is 2.99. The Hall–Kier alpha value is -3.51. The Balaban J connectivity index is 1.52. The molecule has 2 aromatic carbocycles. The highest BCUT2D eigenvalue weighted by molar-refractivity contribution is 5.87. The predicted octanol–water partition coefficient (Wildman–Crippen LogP) is -1.02. The molecule has 15 nitrogen and oxygen atoms in total. The summed E-state index contributed by atoms with van der Waals surface area (Å²) in [4.78, 5) is 12.8. The van der Waals surface area contributed by atoms with E-state index in [9.17, 15) is 50.8 Å². The summed E-state index contributed by atoms with van der Waals surface area (Å²) in [5, 5.41) is 90.5. The Morgan fingerprint density at radius 1 is 0.818 bits per heavy atom. The van der Waals surface area contributed by atoms with Crippen LogP contribution in [0.25, 0.3) is 6.08 Å². The molecule has 0 bridgehead atoms. The molecule has 2 heterocycles. The van der Waals surface area contributed by atoms with Gasteiger partial charge in [-0.2, -0.15) is 0 Å². The van der Waals surface area contributed by atoms with E-state index in [-0.39, 0.29) is 30.3 Å². The lowest BCUT2D eigenvalue weighted by atomic mass is 9.97. The van der Waals surface area contributed by atoms with Crippen LogP contribution in [0.3, 0.4) is 0 Å². The molecule has 44 heavy (non-hydrogen) atoms. The number of hydrogen-bond acceptors (Lipinski definition) is 15. The van der Waals surface area contributed by atoms with Gasteiger partial charge in [-0.05, 0) is 54.8 Å². The van der Waals surface area contributed by atoms with Gasteiger partial charge in [0.05, 0.1) is 19.3 Å². The Labute approximate surface area is 251 Å². The molecule has 0 aliphatic carbocycles. The fourth-order valence-electron chi connectivity index (χ4n) is 4.76. The minimum atomic E-state index is -1.77. The number of phenolic OH excluding ortho intramolecular Hbond substituents is 4. The summed E-state index contributed by atoms with van der Waals surface area (Å²) in [5.74, 6) is -2.40. The van der Waals surface area contributed by atoms with Crippen molar-refractivity contribution in [2.24, 2.45) is 0 Å². The van der Waals surface area contributed by atoms with Gasteiger partial charge in [0.15, 0.2) is 41.7 Å². The molecule has 10 atom stereocenters. The van der Waals surface area contributed by atoms with Crippen LogP contribution in [-0.2, 0) is 34.9 Å². The molecule has 0 spiro atoms. The van der Waals surface area contributed by atoms with Gasteiger partial charge < -0.3 is 69.6 Å². The molecule has 2 aliphatic heterocycles. The third-order valence-corrected chi connectivity index (χ3v) is 7.27. The van der Waals surface area contributed by atoms with Gasteiger partial charge in [0.2, 0.25) is 0 Å². The van der Waals surface area contributed by atoms with E-state index in [1.165, 1.54) is 43.3 Å². The summed E-state index contributed by atoms with van der Waals surface area (Å²) in [7, 11) is 0. The van der Waals surface area contributed by atoms with E-state index in [4.69, 9.17) is 23.7 Å². The molecule has 2 aliphatic rings. The highest BCUT2D eigenvalue weighted by atomic mass is 16.7. The van der Waals surface area contributed by atoms with E-state index in [0.717, 1.165) is 6.08 Å². The summed E-state index contributed by atoms with van der Waals surface area (Å²) < 4.78 is 28.2. The number of aliphatic hydroxyl groups is 5. The molecule has 0 amide bonds. The first-order chi connectivity index (χ1) is 20.9. The number of hydrogen-bond donors (Lipinski definition) is 9. The van der Waals surface area contributed by atoms with Gasteiger partial charge in [-0.1, -0.05) is 12.1 Å². The van der Waals surface area contributed by atoms with Crippen LogP contribution in [-0.4, -0.2) is 127 Å². The molecule has 4 rings (SSSR count). The van der Waals surface area contributed by atoms with Gasteiger partial charge in [-0.3, -0.25) is 0 Å². The number of aromatic hydroxyl groups is 4. The first kappa shape index (κ1) is 33.4. The lowest BCUT2D eigenvalue weighted by Gasteiger charge is -2.46. The van der Waals surface area contributed by atoms with Crippen molar-refractivity contribution in [1.29, 1.82) is 0 Å². The number of carbonyl (C=O) groups excluding carboxylic acids is 1. The van der Waals surface area contributed by atoms with Crippen LogP contribution in [0.1, 0.15) is 18.1 Å². The summed E-state index contributed by atoms with van der Waals surface area (Å²) in [6, 6.07) is 7.98. The SMILES string of the molecule is C[C@@H]1O[C@@H](O[C@@H]2[C@@H](O)[C@H](OCCc3ccc(O)c(O)c3)OC(CO)[C@H]2OC(=O)/C=C/c2ccc(O)c(O)c2)[C@H](O)[C@H](O)[C@H]1O. The summed E-state index contributed by atoms with van der Waals surface area (Å²) >= 11 is 0. The van der Waals surface area contributed by atoms with E-state index >= 15 is 0 Å². The largest absolute Gasteiger partial charge is 0.504 e. The zero-order valence-electron chi connectivity index (χ0n) is 23.5. The molecule has 0 radical (unpaired) electrons. The van der Waals surface area contributed by atoms with Crippen LogP contribution >= 0.6 is 0 Å². The van der Waals surface area contributed by atoms with Gasteiger partial charge in [-0.25, -0.2) is 4.79 Å². The molecule has 0 saturated carbocycles. The van der Waals surface area contributed by atoms with Gasteiger partial charge >= 0.3 is 5.97 Å². The van der Waals surface area contributed by atoms with E-state index in [1.54, 1.807) is 6.07 Å². The molecule has 15 heteroatoms. The molecule has 2 fully saturated rings. The fourth-order valence-corrected chi connectivity index (χ4v) is 4.76. The van der Waals surface area contributed by atoms with Crippen LogP contribution in [0.4, 0.5) is 0 Å². The molecule has 2 aromatic rings. The van der Waals surface area contributed by atoms with Crippen molar-refractivity contribution in [3.63, 3.8) is 0 Å². The number of esters is 1. The maximum atomic E-state index is 12.8. The predicted molar refractivity (Wildman–Crippen MR) is 147 cm³/mol. The minimum absolute atomic E-state index is 0.0754. The van der Waals surface area contributed by atoms with Crippen molar-refractivity contribution in [2.75, 3.05) is 13.2 Å². The van der Waals surface area contributed by atoms with E-state index in [2.05, 4.69) is 0 Å². The minimum Gasteiger partial charge on any atom is -0.504 e. The standard InChI is InChI=1S/C29H36O15/c1-13-22(36)23(37)24(38)29(41-13)44-27-25(39)28(40-9-8-15-3-6-17(32)19(34)11-15)42-20(12-30)26(27)43-21(35)7-4-14-2-5-16(31)18(33)10-14/h2-7,10-11,13,20,22-34,36-39H,8-9,12H2,1H3/b7-4+/t13-,20?,22-,23+,24+,25+,26+,27+,28+,29-/m0/s1. The Morgan fingerprint density at radius 3 is 2.16 bits per heavy atom. The summed E-state index contributed by atoms with van der Waals surface area (Å²) in [6.07, 6.45) is -12.6. The Morgan fingerprint density at radius 2 is 1.50 bits per heavy atom. The second-order valence-electron chi connectivity index (χ2n) is 10.4. The van der Waals surface area contributed by atoms with Gasteiger partial charge in [0.1, 0.15) is 36.6 Å². The van der Waals surface area contributed by atoms with Crippen LogP contribution in [0, 0.1) is 0 Å². The molecule has 242 valence electrons. The monoisotopic (exact) mass is 624 g/mol. The van der Waals surface area contributed by atoms with Crippen molar-refractivity contribution in [1.82, 2.24) is 0 Å². The van der Waals surface area contributed by atoms with Gasteiger partial charge in [0, 0.05) is 6.08 Å². The number of carbonyl (C=O) groups is 1. The van der Waals surface area contributed by atoms with Gasteiger partial charge in [0.25, 0.3) is 0 Å². The highest BCUT2D eigenvalue weighted by Gasteiger charge is 2.52. The van der Waals surface area contributed by atoms with Crippen LogP contribution in [0.5, 0.6) is 23.0 Å². The van der Waals surface area contributed by atoms with Crippen LogP contribution in [0.15, 0.2) is 42.5 Å². The zero-order valence-corrected chi connectivity index (χ0v) is 23.5. The average molecular weight is 625 g/mol. The smallest absolute Gasteiger partial charge is 0.331 e. The van der Waals surface area contributed by atoms with Crippen LogP contribution in [0.2, 0.25) is 0 Å². The lowest BCUT2D eigenvalue weighted by molar-refractivity contribution is -0.357. The summed E-state index contributed by atoms with van der Waals surface area (Å²) in [5.41, 5.74) is 0.914.